The number of nitrogens with zero attached hydrogens (tertiary/aromatic N) is 1. The van der Waals surface area contributed by atoms with Gasteiger partial charge < -0.3 is 0 Å². The number of terminal acetylenes is 1. The lowest BCUT2D eigenvalue weighted by atomic mass is 9.97. The zero-order chi connectivity index (χ0) is 14.5. The van der Waals surface area contributed by atoms with Gasteiger partial charge in [-0.25, -0.2) is 5.06 Å². The molecule has 0 N–H and O–H groups in total. The molecule has 0 aromatic heterocycles. The fourth-order valence-corrected chi connectivity index (χ4v) is 2.33. The molecule has 0 radical (unpaired) electrons. The normalized spacial score (nSPS) is 15.2. The van der Waals surface area contributed by atoms with E-state index >= 15 is 0 Å². The van der Waals surface area contributed by atoms with Gasteiger partial charge in [-0.15, -0.1) is 6.42 Å². The van der Waals surface area contributed by atoms with Crippen LogP contribution in [0.1, 0.15) is 25.8 Å². The van der Waals surface area contributed by atoms with Gasteiger partial charge in [0.2, 0.25) is 0 Å². The van der Waals surface area contributed by atoms with Crippen LogP contribution in [0.15, 0.2) is 59.8 Å². The van der Waals surface area contributed by atoms with Crippen molar-refractivity contribution in [3.63, 3.8) is 0 Å². The molecule has 1 aliphatic heterocycles. The van der Waals surface area contributed by atoms with Gasteiger partial charge in [0, 0.05) is 5.56 Å². The lowest BCUT2D eigenvalue weighted by molar-refractivity contribution is -0.0630. The molecule has 20 heavy (non-hydrogen) atoms. The van der Waals surface area contributed by atoms with Crippen molar-refractivity contribution in [2.24, 2.45) is 0 Å². The van der Waals surface area contributed by atoms with Crippen molar-refractivity contribution < 1.29 is 4.84 Å². The van der Waals surface area contributed by atoms with Crippen LogP contribution >= 0.6 is 0 Å². The van der Waals surface area contributed by atoms with E-state index in [1.54, 1.807) is 5.06 Å². The van der Waals surface area contributed by atoms with Crippen LogP contribution in [0.2, 0.25) is 0 Å². The second-order valence-corrected chi connectivity index (χ2v) is 4.64. The van der Waals surface area contributed by atoms with Gasteiger partial charge in [-0.2, -0.15) is 0 Å². The first-order valence-electron chi connectivity index (χ1n) is 6.71. The molecule has 1 aromatic rings. The summed E-state index contributed by atoms with van der Waals surface area (Å²) in [6.45, 7) is 8.55. The van der Waals surface area contributed by atoms with Crippen molar-refractivity contribution in [2.75, 3.05) is 6.61 Å². The summed E-state index contributed by atoms with van der Waals surface area (Å²) in [4.78, 5) is 5.71. The van der Waals surface area contributed by atoms with E-state index < -0.39 is 0 Å². The number of hydrogen-bond donors (Lipinski definition) is 0. The zero-order valence-corrected chi connectivity index (χ0v) is 12.0. The molecular formula is C18H19NO. The molecular weight excluding hydrogens is 246 g/mol. The highest BCUT2D eigenvalue weighted by molar-refractivity contribution is 5.73. The smallest absolute Gasteiger partial charge is 0.136 e. The highest BCUT2D eigenvalue weighted by Crippen LogP contribution is 2.35. The van der Waals surface area contributed by atoms with Gasteiger partial charge in [0.05, 0.1) is 11.4 Å². The van der Waals surface area contributed by atoms with Crippen LogP contribution in [0.4, 0.5) is 0 Å². The van der Waals surface area contributed by atoms with Gasteiger partial charge in [0.15, 0.2) is 0 Å². The molecule has 0 amide bonds. The van der Waals surface area contributed by atoms with Gasteiger partial charge in [-0.1, -0.05) is 55.8 Å². The number of allylic oxidation sites excluding steroid dienone is 3. The Morgan fingerprint density at radius 2 is 2.00 bits per heavy atom. The summed E-state index contributed by atoms with van der Waals surface area (Å²) in [6, 6.07) is 10.1. The number of hydroxylamine groups is 2. The van der Waals surface area contributed by atoms with E-state index in [9.17, 15) is 0 Å². The molecule has 1 aliphatic rings. The van der Waals surface area contributed by atoms with Gasteiger partial charge in [-0.3, -0.25) is 4.84 Å². The molecule has 0 spiro atoms. The minimum absolute atomic E-state index is 0.222. The van der Waals surface area contributed by atoms with E-state index in [0.29, 0.717) is 0 Å². The van der Waals surface area contributed by atoms with Crippen LogP contribution < -0.4 is 0 Å². The largest absolute Gasteiger partial charge is 0.256 e. The van der Waals surface area contributed by atoms with Crippen molar-refractivity contribution >= 4 is 5.70 Å². The van der Waals surface area contributed by atoms with Crippen molar-refractivity contribution in [3.8, 4) is 12.3 Å². The number of rotatable bonds is 4. The van der Waals surface area contributed by atoms with E-state index in [1.807, 2.05) is 18.2 Å². The Labute approximate surface area is 121 Å². The minimum atomic E-state index is 0.222. The van der Waals surface area contributed by atoms with E-state index in [2.05, 4.69) is 44.6 Å². The first-order valence-corrected chi connectivity index (χ1v) is 6.71. The Balaban J connectivity index is 2.49. The van der Waals surface area contributed by atoms with Gasteiger partial charge >= 0.3 is 0 Å². The highest BCUT2D eigenvalue weighted by Gasteiger charge is 2.23. The molecule has 0 bridgehead atoms. The Hall–Kier alpha value is -2.24. The summed E-state index contributed by atoms with van der Waals surface area (Å²) in [5.41, 5.74) is 5.27. The lowest BCUT2D eigenvalue weighted by Gasteiger charge is -2.33. The monoisotopic (exact) mass is 265 g/mol. The van der Waals surface area contributed by atoms with Crippen LogP contribution in [0.5, 0.6) is 0 Å². The molecule has 0 aliphatic carbocycles. The summed E-state index contributed by atoms with van der Waals surface area (Å²) < 4.78 is 0. The lowest BCUT2D eigenvalue weighted by Crippen LogP contribution is -2.26. The molecule has 102 valence electrons. The van der Waals surface area contributed by atoms with E-state index in [1.165, 1.54) is 5.57 Å². The molecule has 2 rings (SSSR count). The summed E-state index contributed by atoms with van der Waals surface area (Å²) in [7, 11) is 0. The second-order valence-electron chi connectivity index (χ2n) is 4.64. The van der Waals surface area contributed by atoms with Gasteiger partial charge in [-0.05, 0) is 24.5 Å². The van der Waals surface area contributed by atoms with Crippen molar-refractivity contribution in [1.82, 2.24) is 5.06 Å². The standard InChI is InChI=1S/C18H19NO/c1-5-12-20-19-15(4)16(6-2)13-14(3)18(19)17-10-8-7-9-11-17/h1,7-11,13H,4,6,12H2,2-3H3. The SMILES string of the molecule is C#CCON1C(=C)C(CC)=CC(C)=C1c1ccccc1. The average molecular weight is 265 g/mol. The molecule has 0 unspecified atom stereocenters. The van der Waals surface area contributed by atoms with Crippen LogP contribution in [0.25, 0.3) is 5.70 Å². The van der Waals surface area contributed by atoms with Crippen LogP contribution in [-0.2, 0) is 4.84 Å². The molecule has 0 saturated heterocycles. The third-order valence-corrected chi connectivity index (χ3v) is 3.29. The van der Waals surface area contributed by atoms with Crippen molar-refractivity contribution in [2.45, 2.75) is 20.3 Å². The Kier molecular flexibility index (Phi) is 4.45. The van der Waals surface area contributed by atoms with Crippen molar-refractivity contribution in [1.29, 1.82) is 0 Å². The summed E-state index contributed by atoms with van der Waals surface area (Å²) in [5.74, 6) is 2.51. The highest BCUT2D eigenvalue weighted by atomic mass is 16.7. The number of benzene rings is 1. The second kappa shape index (κ2) is 6.27. The Bertz CT molecular complexity index is 602. The topological polar surface area (TPSA) is 12.5 Å². The summed E-state index contributed by atoms with van der Waals surface area (Å²) in [6.07, 6.45) is 8.39. The van der Waals surface area contributed by atoms with Crippen LogP contribution in [-0.4, -0.2) is 11.7 Å². The molecule has 1 aromatic carbocycles. The molecule has 0 atom stereocenters. The fraction of sp³-hybridized carbons (Fsp3) is 0.222. The van der Waals surface area contributed by atoms with Crippen LogP contribution in [0, 0.1) is 12.3 Å². The molecule has 0 fully saturated rings. The predicted molar refractivity (Wildman–Crippen MR) is 83.2 cm³/mol. The first kappa shape index (κ1) is 14.2. The molecule has 0 saturated carbocycles. The minimum Gasteiger partial charge on any atom is -0.256 e. The molecule has 2 heteroatoms. The van der Waals surface area contributed by atoms with E-state index in [-0.39, 0.29) is 6.61 Å². The Morgan fingerprint density at radius 1 is 1.30 bits per heavy atom. The quantitative estimate of drug-likeness (QED) is 0.758. The maximum Gasteiger partial charge on any atom is 0.136 e. The fourth-order valence-electron chi connectivity index (χ4n) is 2.33. The Morgan fingerprint density at radius 3 is 2.60 bits per heavy atom. The predicted octanol–water partition coefficient (Wildman–Crippen LogP) is 4.15. The third-order valence-electron chi connectivity index (χ3n) is 3.29. The van der Waals surface area contributed by atoms with Gasteiger partial charge in [0.1, 0.15) is 6.61 Å². The maximum atomic E-state index is 5.71. The molecule has 1 heterocycles. The van der Waals surface area contributed by atoms with Gasteiger partial charge in [0.25, 0.3) is 0 Å². The summed E-state index contributed by atoms with van der Waals surface area (Å²) >= 11 is 0. The molecule has 2 nitrogen and oxygen atoms in total. The average Bonchev–Trinajstić information content (AvgIpc) is 2.48. The van der Waals surface area contributed by atoms with E-state index in [4.69, 9.17) is 11.3 Å². The van der Waals surface area contributed by atoms with Crippen molar-refractivity contribution in [3.05, 3.63) is 65.4 Å². The number of hydrogen-bond acceptors (Lipinski definition) is 2. The van der Waals surface area contributed by atoms with E-state index in [0.717, 1.165) is 29.0 Å². The third kappa shape index (κ3) is 2.68. The van der Waals surface area contributed by atoms with Crippen LogP contribution in [0.3, 0.4) is 0 Å². The maximum absolute atomic E-state index is 5.71. The zero-order valence-electron chi connectivity index (χ0n) is 12.0. The summed E-state index contributed by atoms with van der Waals surface area (Å²) in [5, 5.41) is 1.77. The first-order chi connectivity index (χ1) is 9.69.